The molecule has 1 aliphatic heterocycles. The molecule has 0 atom stereocenters. The molecule has 0 saturated carbocycles. The van der Waals surface area contributed by atoms with Gasteiger partial charge in [-0.1, -0.05) is 34.9 Å². The van der Waals surface area contributed by atoms with Gasteiger partial charge >= 0.3 is 0 Å². The number of rotatable bonds is 4. The van der Waals surface area contributed by atoms with Crippen molar-refractivity contribution in [3.63, 3.8) is 0 Å². The Bertz CT molecular complexity index is 1080. The van der Waals surface area contributed by atoms with Crippen LogP contribution in [0.25, 0.3) is 5.69 Å². The van der Waals surface area contributed by atoms with E-state index in [-0.39, 0.29) is 0 Å². The molecule has 2 heterocycles. The van der Waals surface area contributed by atoms with E-state index >= 15 is 0 Å². The van der Waals surface area contributed by atoms with E-state index in [0.29, 0.717) is 47.6 Å². The van der Waals surface area contributed by atoms with E-state index in [9.17, 15) is 8.42 Å². The Labute approximate surface area is 168 Å². The lowest BCUT2D eigenvalue weighted by molar-refractivity contribution is 0.381. The fourth-order valence-electron chi connectivity index (χ4n) is 3.29. The van der Waals surface area contributed by atoms with Gasteiger partial charge in [-0.3, -0.25) is 0 Å². The number of halogens is 1. The van der Waals surface area contributed by atoms with Gasteiger partial charge < -0.3 is 4.90 Å². The van der Waals surface area contributed by atoms with E-state index in [1.165, 1.54) is 4.31 Å². The molecule has 8 nitrogen and oxygen atoms in total. The first-order valence-corrected chi connectivity index (χ1v) is 10.6. The predicted molar refractivity (Wildman–Crippen MR) is 106 cm³/mol. The Morgan fingerprint density at radius 1 is 1.00 bits per heavy atom. The maximum atomic E-state index is 13.0. The molecule has 0 bridgehead atoms. The van der Waals surface area contributed by atoms with Crippen molar-refractivity contribution in [2.45, 2.75) is 11.8 Å². The Kier molecular flexibility index (Phi) is 5.05. The second kappa shape index (κ2) is 7.50. The van der Waals surface area contributed by atoms with Crippen molar-refractivity contribution in [2.75, 3.05) is 31.1 Å². The van der Waals surface area contributed by atoms with Crippen LogP contribution in [0, 0.1) is 6.92 Å². The maximum Gasteiger partial charge on any atom is 0.250 e. The van der Waals surface area contributed by atoms with Gasteiger partial charge in [-0.15, -0.1) is 0 Å². The number of nitrogens with zero attached hydrogens (tertiary/aromatic N) is 6. The number of aryl methyl sites for hydroxylation is 1. The summed E-state index contributed by atoms with van der Waals surface area (Å²) in [4.78, 5) is 2.28. The van der Waals surface area contributed by atoms with Gasteiger partial charge in [0.2, 0.25) is 16.0 Å². The average molecular weight is 419 g/mol. The lowest BCUT2D eigenvalue weighted by Crippen LogP contribution is -2.49. The molecule has 0 amide bonds. The van der Waals surface area contributed by atoms with Crippen molar-refractivity contribution in [3.8, 4) is 5.69 Å². The molecule has 1 fully saturated rings. The number of hydrogen-bond donors (Lipinski definition) is 0. The summed E-state index contributed by atoms with van der Waals surface area (Å²) in [5.41, 5.74) is 1.50. The fourth-order valence-corrected chi connectivity index (χ4v) is 5.14. The molecule has 146 valence electrons. The summed E-state index contributed by atoms with van der Waals surface area (Å²) in [6.07, 6.45) is 0. The van der Waals surface area contributed by atoms with Gasteiger partial charge in [0, 0.05) is 31.2 Å². The molecule has 0 N–H and O–H groups in total. The minimum absolute atomic E-state index is 0.291. The first-order chi connectivity index (χ1) is 13.5. The standard InChI is InChI=1S/C18H19ClN6O2S/c1-14-13-15(19)7-8-17(14)28(26,27)24-11-9-23(10-12-24)18-20-21-22-25(18)16-5-3-2-4-6-16/h2-8,13H,9-12H2,1H3. The van der Waals surface area contributed by atoms with Crippen LogP contribution in [0.15, 0.2) is 53.4 Å². The molecule has 0 radical (unpaired) electrons. The lowest BCUT2D eigenvalue weighted by Gasteiger charge is -2.34. The normalized spacial score (nSPS) is 15.7. The molecular weight excluding hydrogens is 400 g/mol. The molecular formula is C18H19ClN6O2S. The van der Waals surface area contributed by atoms with E-state index in [1.54, 1.807) is 29.8 Å². The summed E-state index contributed by atoms with van der Waals surface area (Å²) in [5.74, 6) is 0.603. The van der Waals surface area contributed by atoms with Crippen LogP contribution in [0.3, 0.4) is 0 Å². The van der Waals surface area contributed by atoms with Crippen LogP contribution in [0.4, 0.5) is 5.95 Å². The number of tetrazole rings is 1. The highest BCUT2D eigenvalue weighted by Crippen LogP contribution is 2.25. The third-order valence-electron chi connectivity index (χ3n) is 4.73. The van der Waals surface area contributed by atoms with Crippen LogP contribution in [0.1, 0.15) is 5.56 Å². The van der Waals surface area contributed by atoms with Crippen LogP contribution in [-0.2, 0) is 10.0 Å². The summed E-state index contributed by atoms with van der Waals surface area (Å²) in [5, 5.41) is 12.5. The summed E-state index contributed by atoms with van der Waals surface area (Å²) < 4.78 is 29.2. The van der Waals surface area contributed by atoms with E-state index in [1.807, 2.05) is 35.2 Å². The van der Waals surface area contributed by atoms with Gasteiger partial charge in [-0.2, -0.15) is 8.99 Å². The lowest BCUT2D eigenvalue weighted by atomic mass is 10.2. The van der Waals surface area contributed by atoms with Crippen molar-refractivity contribution in [2.24, 2.45) is 0 Å². The van der Waals surface area contributed by atoms with Gasteiger partial charge in [-0.05, 0) is 53.2 Å². The highest BCUT2D eigenvalue weighted by molar-refractivity contribution is 7.89. The van der Waals surface area contributed by atoms with Crippen molar-refractivity contribution >= 4 is 27.6 Å². The van der Waals surface area contributed by atoms with E-state index in [0.717, 1.165) is 5.69 Å². The molecule has 1 aromatic heterocycles. The number of anilines is 1. The predicted octanol–water partition coefficient (Wildman–Crippen LogP) is 2.14. The fraction of sp³-hybridized carbons (Fsp3) is 0.278. The number of sulfonamides is 1. The number of para-hydroxylation sites is 1. The van der Waals surface area contributed by atoms with Gasteiger partial charge in [-0.25, -0.2) is 8.42 Å². The number of piperazine rings is 1. The zero-order valence-corrected chi connectivity index (χ0v) is 16.8. The second-order valence-corrected chi connectivity index (χ2v) is 8.87. The zero-order valence-electron chi connectivity index (χ0n) is 15.2. The zero-order chi connectivity index (χ0) is 19.7. The van der Waals surface area contributed by atoms with E-state index in [4.69, 9.17) is 11.6 Å². The van der Waals surface area contributed by atoms with Gasteiger partial charge in [0.15, 0.2) is 0 Å². The molecule has 0 aliphatic carbocycles. The molecule has 1 aliphatic rings. The second-order valence-electron chi connectivity index (χ2n) is 6.53. The maximum absolute atomic E-state index is 13.0. The van der Waals surface area contributed by atoms with Crippen molar-refractivity contribution in [3.05, 3.63) is 59.1 Å². The highest BCUT2D eigenvalue weighted by Gasteiger charge is 2.31. The van der Waals surface area contributed by atoms with Crippen molar-refractivity contribution in [1.82, 2.24) is 24.5 Å². The minimum atomic E-state index is -3.57. The summed E-state index contributed by atoms with van der Waals surface area (Å²) >= 11 is 5.96. The monoisotopic (exact) mass is 418 g/mol. The summed E-state index contributed by atoms with van der Waals surface area (Å²) in [6, 6.07) is 14.4. The van der Waals surface area contributed by atoms with Crippen molar-refractivity contribution in [1.29, 1.82) is 0 Å². The average Bonchev–Trinajstić information content (AvgIpc) is 3.18. The minimum Gasteiger partial charge on any atom is -0.337 e. The van der Waals surface area contributed by atoms with Gasteiger partial charge in [0.05, 0.1) is 10.6 Å². The van der Waals surface area contributed by atoms with Crippen LogP contribution in [-0.4, -0.2) is 59.1 Å². The molecule has 0 unspecified atom stereocenters. The van der Waals surface area contributed by atoms with Crippen LogP contribution in [0.2, 0.25) is 5.02 Å². The molecule has 4 rings (SSSR count). The van der Waals surface area contributed by atoms with Crippen molar-refractivity contribution < 1.29 is 8.42 Å². The third kappa shape index (κ3) is 3.48. The topological polar surface area (TPSA) is 84.2 Å². The van der Waals surface area contributed by atoms with E-state index in [2.05, 4.69) is 15.5 Å². The number of aromatic nitrogens is 4. The Balaban J connectivity index is 1.52. The molecule has 0 spiro atoms. The van der Waals surface area contributed by atoms with E-state index < -0.39 is 10.0 Å². The largest absolute Gasteiger partial charge is 0.337 e. The molecule has 28 heavy (non-hydrogen) atoms. The number of hydrogen-bond acceptors (Lipinski definition) is 6. The molecule has 10 heteroatoms. The SMILES string of the molecule is Cc1cc(Cl)ccc1S(=O)(=O)N1CCN(c2nnnn2-c2ccccc2)CC1. The van der Waals surface area contributed by atoms with Gasteiger partial charge in [0.25, 0.3) is 0 Å². The third-order valence-corrected chi connectivity index (χ3v) is 7.02. The Morgan fingerprint density at radius 3 is 2.39 bits per heavy atom. The van der Waals surface area contributed by atoms with Crippen LogP contribution < -0.4 is 4.90 Å². The summed E-state index contributed by atoms with van der Waals surface area (Å²) in [7, 11) is -3.57. The highest BCUT2D eigenvalue weighted by atomic mass is 35.5. The molecule has 1 saturated heterocycles. The molecule has 2 aromatic carbocycles. The van der Waals surface area contributed by atoms with Crippen LogP contribution in [0.5, 0.6) is 0 Å². The smallest absolute Gasteiger partial charge is 0.250 e. The molecule has 3 aromatic rings. The quantitative estimate of drug-likeness (QED) is 0.645. The summed E-state index contributed by atoms with van der Waals surface area (Å²) in [6.45, 7) is 3.46. The van der Waals surface area contributed by atoms with Gasteiger partial charge in [0.1, 0.15) is 0 Å². The number of benzene rings is 2. The first kappa shape index (κ1) is 18.9. The Hall–Kier alpha value is -2.49. The Morgan fingerprint density at radius 2 is 1.71 bits per heavy atom. The van der Waals surface area contributed by atoms with Crippen LogP contribution >= 0.6 is 11.6 Å². The first-order valence-electron chi connectivity index (χ1n) is 8.82.